The highest BCUT2D eigenvalue weighted by Crippen LogP contribution is 2.39. The lowest BCUT2D eigenvalue weighted by Crippen LogP contribution is -2.09. The van der Waals surface area contributed by atoms with Gasteiger partial charge < -0.3 is 4.90 Å². The number of aldehydes is 2. The summed E-state index contributed by atoms with van der Waals surface area (Å²) in [5.74, 6) is 0. The Labute approximate surface area is 232 Å². The summed E-state index contributed by atoms with van der Waals surface area (Å²) in [7, 11) is 0. The van der Waals surface area contributed by atoms with Crippen LogP contribution in [-0.4, -0.2) is 12.6 Å². The van der Waals surface area contributed by atoms with Crippen LogP contribution < -0.4 is 4.90 Å². The second-order valence-corrected chi connectivity index (χ2v) is 11.8. The first kappa shape index (κ1) is 24.2. The fourth-order valence-electron chi connectivity index (χ4n) is 4.36. The molecule has 3 aromatic carbocycles. The Morgan fingerprint density at radius 2 is 0.895 bits per heavy atom. The number of hydrogen-bond acceptors (Lipinski definition) is 6. The summed E-state index contributed by atoms with van der Waals surface area (Å²) < 4.78 is 0. The predicted octanol–water partition coefficient (Wildman–Crippen LogP) is 9.97. The predicted molar refractivity (Wildman–Crippen MR) is 162 cm³/mol. The minimum Gasteiger partial charge on any atom is -0.311 e. The summed E-state index contributed by atoms with van der Waals surface area (Å²) in [5.41, 5.74) is 6.50. The Morgan fingerprint density at radius 3 is 1.24 bits per heavy atom. The van der Waals surface area contributed by atoms with Crippen molar-refractivity contribution in [3.05, 3.63) is 124 Å². The standard InChI is InChI=1S/C32H21NO2S3/c34-20-28-15-17-31(37-28)23-5-11-26(12-6-23)33(25-9-3-22(4-10-25)30-2-1-19-36-30)27-13-7-24(8-14-27)32-18-16-29(21-35)38-32/h1-21H. The van der Waals surface area contributed by atoms with E-state index in [4.69, 9.17) is 0 Å². The van der Waals surface area contributed by atoms with Crippen LogP contribution in [0.15, 0.2) is 115 Å². The number of rotatable bonds is 8. The van der Waals surface area contributed by atoms with E-state index in [1.807, 2.05) is 24.3 Å². The first-order chi connectivity index (χ1) is 18.7. The van der Waals surface area contributed by atoms with Crippen LogP contribution in [0.2, 0.25) is 0 Å². The van der Waals surface area contributed by atoms with E-state index in [0.29, 0.717) is 0 Å². The number of hydrogen-bond donors (Lipinski definition) is 0. The third kappa shape index (κ3) is 4.89. The smallest absolute Gasteiger partial charge is 0.160 e. The van der Waals surface area contributed by atoms with Gasteiger partial charge in [0.05, 0.1) is 9.75 Å². The maximum Gasteiger partial charge on any atom is 0.160 e. The zero-order valence-corrected chi connectivity index (χ0v) is 22.6. The molecule has 0 saturated heterocycles. The topological polar surface area (TPSA) is 37.4 Å². The Bertz CT molecular complexity index is 1590. The molecule has 6 heteroatoms. The fraction of sp³-hybridized carbons (Fsp3) is 0. The SMILES string of the molecule is O=Cc1ccc(-c2ccc(N(c3ccc(-c4cccs4)cc3)c3ccc(-c4ccc(C=O)s4)cc3)cc2)s1. The van der Waals surface area contributed by atoms with Crippen molar-refractivity contribution in [3.8, 4) is 31.3 Å². The van der Waals surface area contributed by atoms with E-state index in [2.05, 4.69) is 95.2 Å². The largest absolute Gasteiger partial charge is 0.311 e. The first-order valence-electron chi connectivity index (χ1n) is 12.0. The number of benzene rings is 3. The molecule has 0 fully saturated rings. The molecule has 0 saturated carbocycles. The second-order valence-electron chi connectivity index (χ2n) is 8.59. The highest BCUT2D eigenvalue weighted by atomic mass is 32.1. The van der Waals surface area contributed by atoms with Gasteiger partial charge in [-0.1, -0.05) is 42.5 Å². The van der Waals surface area contributed by atoms with Gasteiger partial charge in [-0.2, -0.15) is 0 Å². The van der Waals surface area contributed by atoms with E-state index in [9.17, 15) is 9.59 Å². The van der Waals surface area contributed by atoms with Crippen molar-refractivity contribution in [3.63, 3.8) is 0 Å². The van der Waals surface area contributed by atoms with Crippen molar-refractivity contribution >= 4 is 63.6 Å². The maximum atomic E-state index is 11.1. The Balaban J connectivity index is 1.37. The van der Waals surface area contributed by atoms with Crippen LogP contribution in [0, 0.1) is 0 Å². The molecule has 0 amide bonds. The van der Waals surface area contributed by atoms with Gasteiger partial charge in [-0.15, -0.1) is 34.0 Å². The van der Waals surface area contributed by atoms with Crippen molar-refractivity contribution in [2.45, 2.75) is 0 Å². The highest BCUT2D eigenvalue weighted by Gasteiger charge is 2.14. The molecule has 6 aromatic rings. The summed E-state index contributed by atoms with van der Waals surface area (Å²) in [4.78, 5) is 29.3. The van der Waals surface area contributed by atoms with E-state index in [1.165, 1.54) is 33.1 Å². The molecular formula is C32H21NO2S3. The number of carbonyl (C=O) groups excluding carboxylic acids is 2. The molecular weight excluding hydrogens is 527 g/mol. The van der Waals surface area contributed by atoms with Crippen molar-refractivity contribution in [2.24, 2.45) is 0 Å². The highest BCUT2D eigenvalue weighted by molar-refractivity contribution is 7.17. The van der Waals surface area contributed by atoms with E-state index in [-0.39, 0.29) is 0 Å². The van der Waals surface area contributed by atoms with Crippen LogP contribution in [0.4, 0.5) is 17.1 Å². The molecule has 184 valence electrons. The van der Waals surface area contributed by atoms with Gasteiger partial charge in [0.2, 0.25) is 0 Å². The molecule has 0 spiro atoms. The normalized spacial score (nSPS) is 10.8. The van der Waals surface area contributed by atoms with Crippen molar-refractivity contribution < 1.29 is 9.59 Å². The van der Waals surface area contributed by atoms with E-state index < -0.39 is 0 Å². The molecule has 6 rings (SSSR count). The van der Waals surface area contributed by atoms with Crippen molar-refractivity contribution in [1.29, 1.82) is 0 Å². The van der Waals surface area contributed by atoms with Gasteiger partial charge in [-0.3, -0.25) is 9.59 Å². The zero-order chi connectivity index (χ0) is 25.9. The number of carbonyl (C=O) groups is 2. The molecule has 0 aliphatic heterocycles. The summed E-state index contributed by atoms with van der Waals surface area (Å²) in [6.45, 7) is 0. The molecule has 0 unspecified atom stereocenters. The van der Waals surface area contributed by atoms with Gasteiger partial charge in [-0.05, 0) is 88.8 Å². The van der Waals surface area contributed by atoms with Crippen LogP contribution in [-0.2, 0) is 0 Å². The zero-order valence-electron chi connectivity index (χ0n) is 20.1. The van der Waals surface area contributed by atoms with Crippen LogP contribution in [0.3, 0.4) is 0 Å². The van der Waals surface area contributed by atoms with Gasteiger partial charge in [0.15, 0.2) is 12.6 Å². The summed E-state index contributed by atoms with van der Waals surface area (Å²) in [6.07, 6.45) is 1.79. The number of anilines is 3. The van der Waals surface area contributed by atoms with E-state index in [0.717, 1.165) is 60.3 Å². The molecule has 0 bridgehead atoms. The third-order valence-corrected chi connectivity index (χ3v) is 9.28. The minimum atomic E-state index is 0.725. The van der Waals surface area contributed by atoms with Crippen molar-refractivity contribution in [1.82, 2.24) is 0 Å². The lowest BCUT2D eigenvalue weighted by molar-refractivity contribution is 0.111. The average molecular weight is 548 g/mol. The lowest BCUT2D eigenvalue weighted by atomic mass is 10.1. The molecule has 3 nitrogen and oxygen atoms in total. The maximum absolute atomic E-state index is 11.1. The van der Waals surface area contributed by atoms with E-state index in [1.54, 1.807) is 11.3 Å². The van der Waals surface area contributed by atoms with Gasteiger partial charge in [0.25, 0.3) is 0 Å². The minimum absolute atomic E-state index is 0.725. The fourth-order valence-corrected chi connectivity index (χ4v) is 6.75. The Hall–Kier alpha value is -4.10. The molecule has 0 aliphatic carbocycles. The molecule has 3 aromatic heterocycles. The van der Waals surface area contributed by atoms with Gasteiger partial charge in [0, 0.05) is 31.7 Å². The molecule has 3 heterocycles. The van der Waals surface area contributed by atoms with Crippen LogP contribution >= 0.6 is 34.0 Å². The molecule has 0 aliphatic rings. The lowest BCUT2D eigenvalue weighted by Gasteiger charge is -2.26. The summed E-state index contributed by atoms with van der Waals surface area (Å²) >= 11 is 4.72. The average Bonchev–Trinajstić information content (AvgIpc) is 3.77. The van der Waals surface area contributed by atoms with Crippen LogP contribution in [0.5, 0.6) is 0 Å². The van der Waals surface area contributed by atoms with Gasteiger partial charge in [0.1, 0.15) is 0 Å². The van der Waals surface area contributed by atoms with Gasteiger partial charge in [-0.25, -0.2) is 0 Å². The summed E-state index contributed by atoms with van der Waals surface area (Å²) in [5, 5.41) is 2.09. The third-order valence-electron chi connectivity index (χ3n) is 6.24. The molecule has 38 heavy (non-hydrogen) atoms. The van der Waals surface area contributed by atoms with Crippen molar-refractivity contribution in [2.75, 3.05) is 4.90 Å². The second kappa shape index (κ2) is 10.7. The molecule has 0 N–H and O–H groups in total. The quantitative estimate of drug-likeness (QED) is 0.178. The monoisotopic (exact) mass is 547 g/mol. The number of thiophene rings is 3. The Morgan fingerprint density at radius 1 is 0.474 bits per heavy atom. The Kier molecular flexibility index (Phi) is 6.84. The van der Waals surface area contributed by atoms with Crippen LogP contribution in [0.1, 0.15) is 19.3 Å². The van der Waals surface area contributed by atoms with Gasteiger partial charge >= 0.3 is 0 Å². The molecule has 0 atom stereocenters. The van der Waals surface area contributed by atoms with E-state index >= 15 is 0 Å². The first-order valence-corrected chi connectivity index (χ1v) is 14.5. The number of nitrogens with zero attached hydrogens (tertiary/aromatic N) is 1. The van der Waals surface area contributed by atoms with Crippen LogP contribution in [0.25, 0.3) is 31.3 Å². The molecule has 0 radical (unpaired) electrons. The summed E-state index contributed by atoms with van der Waals surface area (Å²) in [6, 6.07) is 37.4.